The molecule has 0 aliphatic rings. The fourth-order valence-electron chi connectivity index (χ4n) is 3.91. The number of carbonyl (C=O) groups is 6. The molecule has 0 saturated carbocycles. The van der Waals surface area contributed by atoms with Crippen molar-refractivity contribution in [2.75, 3.05) is 26.6 Å². The second kappa shape index (κ2) is 16.1. The van der Waals surface area contributed by atoms with Crippen molar-refractivity contribution < 1.29 is 67.0 Å². The van der Waals surface area contributed by atoms with Gasteiger partial charge in [-0.2, -0.15) is 0 Å². The molecule has 0 bridgehead atoms. The minimum Gasteiger partial charge on any atom is -0.495 e. The van der Waals surface area contributed by atoms with Crippen LogP contribution < -0.4 is 29.0 Å². The topological polar surface area (TPSA) is 199 Å². The Bertz CT molecular complexity index is 1710. The Morgan fingerprint density at radius 1 is 0.638 bits per heavy atom. The number of hydrogen-bond donors (Lipinski definition) is 2. The number of ether oxygens (including phenoxy) is 7. The van der Waals surface area contributed by atoms with Crippen molar-refractivity contribution in [3.63, 3.8) is 0 Å². The van der Waals surface area contributed by atoms with Crippen LogP contribution in [0.25, 0.3) is 0 Å². The smallest absolute Gasteiger partial charge is 0.349 e. The van der Waals surface area contributed by atoms with E-state index in [1.165, 1.54) is 51.7 Å². The lowest BCUT2D eigenvalue weighted by molar-refractivity contribution is -0.157. The first-order valence-corrected chi connectivity index (χ1v) is 14.1. The van der Waals surface area contributed by atoms with Crippen LogP contribution in [0.2, 0.25) is 0 Å². The third-order valence-electron chi connectivity index (χ3n) is 5.97. The van der Waals surface area contributed by atoms with E-state index in [9.17, 15) is 33.9 Å². The van der Waals surface area contributed by atoms with Crippen LogP contribution >= 0.6 is 15.9 Å². The lowest BCUT2D eigenvalue weighted by Gasteiger charge is -2.24. The van der Waals surface area contributed by atoms with Crippen LogP contribution in [0, 0.1) is 0 Å². The molecule has 2 atom stereocenters. The molecular weight excluding hydrogens is 690 g/mol. The molecule has 16 heteroatoms. The second-order valence-corrected chi connectivity index (χ2v) is 10.2. The van der Waals surface area contributed by atoms with Gasteiger partial charge in [-0.1, -0.05) is 15.9 Å². The zero-order valence-corrected chi connectivity index (χ0v) is 27.1. The molecule has 3 aromatic carbocycles. The molecule has 2 N–H and O–H groups in total. The number of methoxy groups -OCH3 is 3. The van der Waals surface area contributed by atoms with E-state index in [1.54, 1.807) is 6.07 Å². The molecule has 0 aliphatic heterocycles. The van der Waals surface area contributed by atoms with E-state index in [0.717, 1.165) is 32.0 Å². The van der Waals surface area contributed by atoms with Gasteiger partial charge in [0.2, 0.25) is 12.2 Å². The van der Waals surface area contributed by atoms with Crippen LogP contribution in [-0.2, 0) is 28.7 Å². The third-order valence-corrected chi connectivity index (χ3v) is 6.46. The average Bonchev–Trinajstić information content (AvgIpc) is 3.02. The largest absolute Gasteiger partial charge is 0.495 e. The number of amides is 1. The van der Waals surface area contributed by atoms with E-state index in [4.69, 9.17) is 33.2 Å². The molecule has 15 nitrogen and oxygen atoms in total. The predicted molar refractivity (Wildman–Crippen MR) is 164 cm³/mol. The number of carboxylic acids is 1. The average molecular weight is 718 g/mol. The van der Waals surface area contributed by atoms with E-state index in [2.05, 4.69) is 21.2 Å². The summed E-state index contributed by atoms with van der Waals surface area (Å²) < 4.78 is 36.6. The van der Waals surface area contributed by atoms with E-state index < -0.39 is 48.0 Å². The van der Waals surface area contributed by atoms with Gasteiger partial charge in [-0.3, -0.25) is 14.4 Å². The summed E-state index contributed by atoms with van der Waals surface area (Å²) in [7, 11) is 3.81. The van der Waals surface area contributed by atoms with Gasteiger partial charge < -0.3 is 43.6 Å². The normalized spacial score (nSPS) is 11.6. The molecule has 0 heterocycles. The molecule has 3 aromatic rings. The monoisotopic (exact) mass is 717 g/mol. The minimum absolute atomic E-state index is 0.0277. The Labute approximate surface area is 275 Å². The maximum Gasteiger partial charge on any atom is 0.349 e. The highest BCUT2D eigenvalue weighted by Gasteiger charge is 2.41. The first-order chi connectivity index (χ1) is 22.3. The first-order valence-electron chi connectivity index (χ1n) is 13.3. The van der Waals surface area contributed by atoms with Gasteiger partial charge in [0.25, 0.3) is 5.91 Å². The zero-order chi connectivity index (χ0) is 34.8. The van der Waals surface area contributed by atoms with Crippen LogP contribution in [0.4, 0.5) is 5.69 Å². The maximum absolute atomic E-state index is 13.6. The van der Waals surface area contributed by atoms with Gasteiger partial charge in [-0.15, -0.1) is 0 Å². The number of nitrogens with one attached hydrogen (secondary N) is 1. The number of carboxylic acid groups (broad SMARTS) is 1. The van der Waals surface area contributed by atoms with E-state index in [1.807, 2.05) is 0 Å². The number of benzene rings is 3. The molecule has 0 aromatic heterocycles. The van der Waals surface area contributed by atoms with Crippen molar-refractivity contribution >= 4 is 57.4 Å². The summed E-state index contributed by atoms with van der Waals surface area (Å²) in [5.41, 5.74) is -0.438. The molecule has 0 unspecified atom stereocenters. The number of halogens is 1. The van der Waals surface area contributed by atoms with Crippen molar-refractivity contribution in [2.24, 2.45) is 0 Å². The summed E-state index contributed by atoms with van der Waals surface area (Å²) >= 11 is 3.26. The van der Waals surface area contributed by atoms with Crippen LogP contribution in [-0.4, -0.2) is 74.4 Å². The SMILES string of the molecule is COc1ccc(Br)cc1NC(=O)[C@@H](OC(=O)c1ccc(OC(C)=O)c(OC)c1)[C@H](OC(=O)c1ccc(OC(C)=O)c(OC)c1)C(=O)O. The minimum atomic E-state index is -2.40. The van der Waals surface area contributed by atoms with Gasteiger partial charge in [-0.25, -0.2) is 14.4 Å². The number of esters is 4. The Morgan fingerprint density at radius 2 is 1.09 bits per heavy atom. The summed E-state index contributed by atoms with van der Waals surface area (Å²) in [5, 5.41) is 12.5. The van der Waals surface area contributed by atoms with Crippen LogP contribution in [0.1, 0.15) is 34.6 Å². The van der Waals surface area contributed by atoms with Gasteiger partial charge in [0.05, 0.1) is 38.1 Å². The summed E-state index contributed by atoms with van der Waals surface area (Å²) in [4.78, 5) is 75.3. The quantitative estimate of drug-likeness (QED) is 0.191. The molecule has 248 valence electrons. The third kappa shape index (κ3) is 9.43. The van der Waals surface area contributed by atoms with Gasteiger partial charge in [0, 0.05) is 18.3 Å². The van der Waals surface area contributed by atoms with Crippen molar-refractivity contribution in [3.05, 3.63) is 70.2 Å². The highest BCUT2D eigenvalue weighted by molar-refractivity contribution is 9.10. The summed E-state index contributed by atoms with van der Waals surface area (Å²) in [6, 6.07) is 11.6. The summed E-state index contributed by atoms with van der Waals surface area (Å²) in [6.07, 6.45) is -4.68. The number of hydrogen-bond acceptors (Lipinski definition) is 13. The fourth-order valence-corrected chi connectivity index (χ4v) is 4.27. The van der Waals surface area contributed by atoms with E-state index >= 15 is 0 Å². The van der Waals surface area contributed by atoms with Gasteiger partial charge in [0.15, 0.2) is 23.0 Å². The molecule has 3 rings (SSSR count). The van der Waals surface area contributed by atoms with Gasteiger partial charge in [0.1, 0.15) is 5.75 Å². The summed E-state index contributed by atoms with van der Waals surface area (Å²) in [5.74, 6) is -6.88. The lowest BCUT2D eigenvalue weighted by Crippen LogP contribution is -2.48. The molecular formula is C31H28BrNO14. The first kappa shape index (κ1) is 35.8. The number of aliphatic carboxylic acids is 1. The highest BCUT2D eigenvalue weighted by atomic mass is 79.9. The van der Waals surface area contributed by atoms with Crippen LogP contribution in [0.5, 0.6) is 28.7 Å². The number of anilines is 1. The predicted octanol–water partition coefficient (Wildman–Crippen LogP) is 3.80. The maximum atomic E-state index is 13.6. The molecule has 0 aliphatic carbocycles. The standard InChI is InChI=1S/C31H28BrNO14/c1-15(34)44-22-9-6-17(12-24(22)42-4)30(39)46-26(28(36)33-20-14-19(32)8-11-21(20)41-3)27(29(37)38)47-31(40)18-7-10-23(45-16(2)35)25(13-18)43-5/h6-14,26-27H,1-5H3,(H,33,36)(H,37,38)/t26-,27-/m0/s1. The Balaban J connectivity index is 2.02. The van der Waals surface area contributed by atoms with Crippen molar-refractivity contribution in [1.82, 2.24) is 0 Å². The number of rotatable bonds is 13. The Kier molecular flexibility index (Phi) is 12.3. The van der Waals surface area contributed by atoms with Crippen molar-refractivity contribution in [3.8, 4) is 28.7 Å². The zero-order valence-electron chi connectivity index (χ0n) is 25.5. The van der Waals surface area contributed by atoms with E-state index in [0.29, 0.717) is 4.47 Å². The molecule has 0 spiro atoms. The highest BCUT2D eigenvalue weighted by Crippen LogP contribution is 2.31. The molecule has 0 saturated heterocycles. The van der Waals surface area contributed by atoms with E-state index in [-0.39, 0.29) is 45.6 Å². The molecule has 0 fully saturated rings. The summed E-state index contributed by atoms with van der Waals surface area (Å²) in [6.45, 7) is 2.31. The van der Waals surface area contributed by atoms with Gasteiger partial charge in [-0.05, 0) is 54.6 Å². The molecule has 47 heavy (non-hydrogen) atoms. The fraction of sp³-hybridized carbons (Fsp3) is 0.226. The van der Waals surface area contributed by atoms with Crippen LogP contribution in [0.15, 0.2) is 59.1 Å². The van der Waals surface area contributed by atoms with Crippen molar-refractivity contribution in [1.29, 1.82) is 0 Å². The Hall–Kier alpha value is -5.64. The van der Waals surface area contributed by atoms with Gasteiger partial charge >= 0.3 is 29.8 Å². The van der Waals surface area contributed by atoms with Crippen LogP contribution in [0.3, 0.4) is 0 Å². The molecule has 1 amide bonds. The second-order valence-electron chi connectivity index (χ2n) is 9.24. The number of carbonyl (C=O) groups excluding carboxylic acids is 5. The molecule has 0 radical (unpaired) electrons. The van der Waals surface area contributed by atoms with Crippen molar-refractivity contribution in [2.45, 2.75) is 26.1 Å². The Morgan fingerprint density at radius 3 is 1.51 bits per heavy atom. The lowest BCUT2D eigenvalue weighted by atomic mass is 10.1.